The van der Waals surface area contributed by atoms with Crippen LogP contribution in [0.2, 0.25) is 0 Å². The summed E-state index contributed by atoms with van der Waals surface area (Å²) in [5.74, 6) is -1.96. The zero-order valence-corrected chi connectivity index (χ0v) is 14.4. The molecule has 1 aliphatic heterocycles. The van der Waals surface area contributed by atoms with Crippen LogP contribution < -0.4 is 5.32 Å². The molecule has 1 saturated heterocycles. The summed E-state index contributed by atoms with van der Waals surface area (Å²) in [6, 6.07) is 4.39. The molecule has 0 aromatic heterocycles. The number of hydrogen-bond acceptors (Lipinski definition) is 6. The van der Waals surface area contributed by atoms with Crippen LogP contribution in [0.5, 0.6) is 0 Å². The molecule has 1 heterocycles. The van der Waals surface area contributed by atoms with E-state index in [1.807, 2.05) is 0 Å². The summed E-state index contributed by atoms with van der Waals surface area (Å²) in [6.07, 6.45) is 0. The largest absolute Gasteiger partial charge is 0.459 e. The fourth-order valence-corrected chi connectivity index (χ4v) is 3.64. The van der Waals surface area contributed by atoms with E-state index >= 15 is 0 Å². The number of amides is 1. The average Bonchev–Trinajstić information content (AvgIpc) is 2.57. The second kappa shape index (κ2) is 7.73. The maximum Gasteiger partial charge on any atom is 0.397 e. The predicted octanol–water partition coefficient (Wildman–Crippen LogP) is 0.518. The minimum atomic E-state index is -3.68. The highest BCUT2D eigenvalue weighted by Crippen LogP contribution is 2.23. The smallest absolute Gasteiger partial charge is 0.397 e. The number of ether oxygens (including phenoxy) is 2. The van der Waals surface area contributed by atoms with Crippen LogP contribution in [-0.2, 0) is 29.1 Å². The molecule has 1 N–H and O–H groups in total. The minimum Gasteiger partial charge on any atom is -0.459 e. The third-order valence-electron chi connectivity index (χ3n) is 3.53. The zero-order valence-electron chi connectivity index (χ0n) is 13.6. The Morgan fingerprint density at radius 1 is 1.29 bits per heavy atom. The molecule has 0 radical (unpaired) electrons. The number of sulfonamides is 1. The number of rotatable bonds is 4. The highest BCUT2D eigenvalue weighted by Gasteiger charge is 2.27. The van der Waals surface area contributed by atoms with Gasteiger partial charge in [0.15, 0.2) is 0 Å². The Labute approximate surface area is 140 Å². The van der Waals surface area contributed by atoms with Crippen LogP contribution >= 0.6 is 0 Å². The van der Waals surface area contributed by atoms with Crippen molar-refractivity contribution in [2.45, 2.75) is 18.7 Å². The van der Waals surface area contributed by atoms with Gasteiger partial charge >= 0.3 is 11.9 Å². The maximum atomic E-state index is 12.6. The van der Waals surface area contributed by atoms with Gasteiger partial charge in [0.1, 0.15) is 0 Å². The second-order valence-corrected chi connectivity index (χ2v) is 7.11. The Balaban J connectivity index is 2.24. The number of aryl methyl sites for hydroxylation is 1. The molecule has 1 aromatic carbocycles. The van der Waals surface area contributed by atoms with E-state index in [1.165, 1.54) is 16.4 Å². The van der Waals surface area contributed by atoms with Crippen LogP contribution in [0.1, 0.15) is 12.5 Å². The van der Waals surface area contributed by atoms with E-state index in [1.54, 1.807) is 19.9 Å². The first-order valence-corrected chi connectivity index (χ1v) is 8.97. The van der Waals surface area contributed by atoms with E-state index in [9.17, 15) is 18.0 Å². The van der Waals surface area contributed by atoms with Crippen molar-refractivity contribution in [3.05, 3.63) is 23.8 Å². The number of carbonyl (C=O) groups is 2. The lowest BCUT2D eigenvalue weighted by Gasteiger charge is -2.26. The lowest BCUT2D eigenvalue weighted by Crippen LogP contribution is -2.40. The highest BCUT2D eigenvalue weighted by molar-refractivity contribution is 7.89. The molecule has 1 aromatic rings. The van der Waals surface area contributed by atoms with Crippen molar-refractivity contribution in [2.75, 3.05) is 38.2 Å². The van der Waals surface area contributed by atoms with Crippen LogP contribution in [0.3, 0.4) is 0 Å². The molecule has 1 fully saturated rings. The van der Waals surface area contributed by atoms with Gasteiger partial charge < -0.3 is 14.8 Å². The molecule has 9 heteroatoms. The Bertz CT molecular complexity index is 725. The van der Waals surface area contributed by atoms with Crippen molar-refractivity contribution in [3.63, 3.8) is 0 Å². The molecule has 0 unspecified atom stereocenters. The molecule has 1 aliphatic rings. The number of hydrogen-bond donors (Lipinski definition) is 1. The number of esters is 1. The van der Waals surface area contributed by atoms with E-state index in [-0.39, 0.29) is 30.3 Å². The van der Waals surface area contributed by atoms with Gasteiger partial charge in [-0.3, -0.25) is 4.79 Å². The molecule has 24 heavy (non-hydrogen) atoms. The van der Waals surface area contributed by atoms with E-state index in [0.29, 0.717) is 18.8 Å². The van der Waals surface area contributed by atoms with E-state index in [4.69, 9.17) is 4.74 Å². The summed E-state index contributed by atoms with van der Waals surface area (Å²) < 4.78 is 36.4. The maximum absolute atomic E-state index is 12.6. The molecular formula is C15H20N2O6S. The summed E-state index contributed by atoms with van der Waals surface area (Å²) in [7, 11) is -3.68. The third kappa shape index (κ3) is 4.11. The van der Waals surface area contributed by atoms with Gasteiger partial charge in [-0.2, -0.15) is 4.31 Å². The number of nitrogens with zero attached hydrogens (tertiary/aromatic N) is 1. The topological polar surface area (TPSA) is 102 Å². The fourth-order valence-electron chi connectivity index (χ4n) is 2.20. The molecule has 0 aliphatic carbocycles. The summed E-state index contributed by atoms with van der Waals surface area (Å²) in [5, 5.41) is 2.39. The van der Waals surface area contributed by atoms with Gasteiger partial charge in [0, 0.05) is 18.8 Å². The van der Waals surface area contributed by atoms with Crippen molar-refractivity contribution >= 4 is 27.6 Å². The quantitative estimate of drug-likeness (QED) is 0.623. The normalized spacial score (nSPS) is 15.8. The van der Waals surface area contributed by atoms with Gasteiger partial charge in [-0.15, -0.1) is 0 Å². The summed E-state index contributed by atoms with van der Waals surface area (Å²) in [6.45, 7) is 4.62. The monoisotopic (exact) mass is 356 g/mol. The van der Waals surface area contributed by atoms with Crippen molar-refractivity contribution in [3.8, 4) is 0 Å². The molecule has 132 valence electrons. The third-order valence-corrected chi connectivity index (χ3v) is 5.42. The zero-order chi connectivity index (χ0) is 17.7. The van der Waals surface area contributed by atoms with Gasteiger partial charge in [0.2, 0.25) is 10.0 Å². The van der Waals surface area contributed by atoms with Crippen molar-refractivity contribution in [1.29, 1.82) is 0 Å². The fraction of sp³-hybridized carbons (Fsp3) is 0.467. The Morgan fingerprint density at radius 3 is 2.58 bits per heavy atom. The number of nitrogens with one attached hydrogen (secondary N) is 1. The van der Waals surface area contributed by atoms with Gasteiger partial charge in [0.25, 0.3) is 0 Å². The molecule has 0 spiro atoms. The van der Waals surface area contributed by atoms with E-state index in [0.717, 1.165) is 0 Å². The Hall–Kier alpha value is -1.97. The average molecular weight is 356 g/mol. The predicted molar refractivity (Wildman–Crippen MR) is 86.0 cm³/mol. The van der Waals surface area contributed by atoms with Crippen LogP contribution in [0.15, 0.2) is 23.1 Å². The lowest BCUT2D eigenvalue weighted by atomic mass is 10.2. The number of morpholine rings is 1. The molecule has 1 amide bonds. The van der Waals surface area contributed by atoms with Gasteiger partial charge in [-0.25, -0.2) is 13.2 Å². The molecular weight excluding hydrogens is 336 g/mol. The van der Waals surface area contributed by atoms with Crippen molar-refractivity contribution in [2.24, 2.45) is 0 Å². The molecule has 8 nitrogen and oxygen atoms in total. The van der Waals surface area contributed by atoms with Gasteiger partial charge in [-0.1, -0.05) is 6.07 Å². The molecule has 2 rings (SSSR count). The second-order valence-electron chi connectivity index (χ2n) is 5.17. The summed E-state index contributed by atoms with van der Waals surface area (Å²) >= 11 is 0. The SMILES string of the molecule is CCOC(=O)C(=O)Nc1cc(S(=O)(=O)N2CCOCC2)ccc1C. The number of anilines is 1. The number of benzene rings is 1. The summed E-state index contributed by atoms with van der Waals surface area (Å²) in [5.41, 5.74) is 0.885. The Morgan fingerprint density at radius 2 is 1.96 bits per heavy atom. The first-order chi connectivity index (χ1) is 11.4. The van der Waals surface area contributed by atoms with E-state index in [2.05, 4.69) is 10.1 Å². The Kier molecular flexibility index (Phi) is 5.92. The first-order valence-electron chi connectivity index (χ1n) is 7.53. The van der Waals surface area contributed by atoms with Crippen LogP contribution in [0.25, 0.3) is 0 Å². The van der Waals surface area contributed by atoms with Crippen LogP contribution in [-0.4, -0.2) is 57.5 Å². The summed E-state index contributed by atoms with van der Waals surface area (Å²) in [4.78, 5) is 23.2. The lowest BCUT2D eigenvalue weighted by molar-refractivity contribution is -0.152. The van der Waals surface area contributed by atoms with Crippen molar-refractivity contribution < 1.29 is 27.5 Å². The van der Waals surface area contributed by atoms with Crippen LogP contribution in [0, 0.1) is 6.92 Å². The van der Waals surface area contributed by atoms with Gasteiger partial charge in [0.05, 0.1) is 24.7 Å². The van der Waals surface area contributed by atoms with Gasteiger partial charge in [-0.05, 0) is 31.5 Å². The van der Waals surface area contributed by atoms with Crippen molar-refractivity contribution in [1.82, 2.24) is 4.31 Å². The molecule has 0 saturated carbocycles. The molecule has 0 bridgehead atoms. The minimum absolute atomic E-state index is 0.0501. The highest BCUT2D eigenvalue weighted by atomic mass is 32.2. The number of carbonyl (C=O) groups excluding carboxylic acids is 2. The van der Waals surface area contributed by atoms with E-state index < -0.39 is 21.9 Å². The molecule has 0 atom stereocenters. The van der Waals surface area contributed by atoms with Crippen LogP contribution in [0.4, 0.5) is 5.69 Å². The standard InChI is InChI=1S/C15H20N2O6S/c1-3-23-15(19)14(18)16-13-10-12(5-4-11(13)2)24(20,21)17-6-8-22-9-7-17/h4-5,10H,3,6-9H2,1-2H3,(H,16,18). The first kappa shape index (κ1) is 18.4.